The molecule has 0 saturated heterocycles. The van der Waals surface area contributed by atoms with Gasteiger partial charge in [-0.1, -0.05) is 6.58 Å². The third kappa shape index (κ3) is 2.62. The molecular weight excluding hydrogens is 278 g/mol. The summed E-state index contributed by atoms with van der Waals surface area (Å²) in [6.45, 7) is 8.17. The van der Waals surface area contributed by atoms with E-state index >= 15 is 0 Å². The molecule has 3 nitrogen and oxygen atoms in total. The van der Waals surface area contributed by atoms with Crippen LogP contribution in [0.1, 0.15) is 24.1 Å². The van der Waals surface area contributed by atoms with Gasteiger partial charge in [0, 0.05) is 43.0 Å². The van der Waals surface area contributed by atoms with E-state index in [-0.39, 0.29) is 0 Å². The predicted octanol–water partition coefficient (Wildman–Crippen LogP) is 3.04. The lowest BCUT2D eigenvalue weighted by atomic mass is 9.96. The Morgan fingerprint density at radius 1 is 1.10 bits per heavy atom. The van der Waals surface area contributed by atoms with E-state index in [1.807, 2.05) is 18.1 Å². The lowest BCUT2D eigenvalue weighted by Crippen LogP contribution is -2.22. The van der Waals surface area contributed by atoms with Crippen LogP contribution in [-0.2, 0) is 12.8 Å². The van der Waals surface area contributed by atoms with Crippen molar-refractivity contribution in [3.05, 3.63) is 47.4 Å². The molecule has 0 radical (unpaired) electrons. The van der Waals surface area contributed by atoms with Crippen LogP contribution < -0.4 is 0 Å². The molecule has 1 aromatic rings. The number of pyridine rings is 1. The molecule has 0 saturated carbocycles. The predicted molar refractivity (Wildman–Crippen MR) is 87.1 cm³/mol. The van der Waals surface area contributed by atoms with Gasteiger partial charge in [0.15, 0.2) is 0 Å². The molecule has 4 rings (SSSR count). The van der Waals surface area contributed by atoms with E-state index in [1.165, 1.54) is 35.4 Å². The van der Waals surface area contributed by atoms with Crippen LogP contribution in [0.3, 0.4) is 0 Å². The number of hydrogen-bond acceptors (Lipinski definition) is 4. The van der Waals surface area contributed by atoms with Gasteiger partial charge in [0.2, 0.25) is 0 Å². The van der Waals surface area contributed by atoms with Gasteiger partial charge >= 0.3 is 0 Å². The lowest BCUT2D eigenvalue weighted by Gasteiger charge is -2.21. The molecule has 3 heterocycles. The van der Waals surface area contributed by atoms with Gasteiger partial charge in [0.1, 0.15) is 0 Å². The molecule has 0 spiro atoms. The molecule has 110 valence electrons. The summed E-state index contributed by atoms with van der Waals surface area (Å²) in [5.74, 6) is 0. The van der Waals surface area contributed by atoms with Gasteiger partial charge in [0.05, 0.1) is 0 Å². The Bertz CT molecular complexity index is 590. The second kappa shape index (κ2) is 5.50. The van der Waals surface area contributed by atoms with Crippen LogP contribution in [0.4, 0.5) is 0 Å². The minimum atomic E-state index is 1.07. The molecular formula is C17H21N3S. The van der Waals surface area contributed by atoms with Crippen molar-refractivity contribution < 1.29 is 0 Å². The van der Waals surface area contributed by atoms with E-state index in [9.17, 15) is 0 Å². The summed E-state index contributed by atoms with van der Waals surface area (Å²) < 4.78 is 2.47. The maximum absolute atomic E-state index is 4.68. The Morgan fingerprint density at radius 2 is 1.86 bits per heavy atom. The monoisotopic (exact) mass is 299 g/mol. The standard InChI is InChI=1S/C17H21N3S/c1-2-19-9-14-11-20(12-15(14)10-19)21-16-7-13-5-3-4-6-17(13)18-8-16/h2,7-8H,1,3-6,9-12H2. The minimum absolute atomic E-state index is 1.07. The first kappa shape index (κ1) is 13.4. The van der Waals surface area contributed by atoms with E-state index in [1.54, 1.807) is 11.1 Å². The quantitative estimate of drug-likeness (QED) is 0.631. The molecule has 3 aliphatic rings. The van der Waals surface area contributed by atoms with E-state index in [2.05, 4.69) is 33.0 Å². The van der Waals surface area contributed by atoms with Crippen molar-refractivity contribution in [1.82, 2.24) is 14.2 Å². The van der Waals surface area contributed by atoms with Crippen LogP contribution in [0.2, 0.25) is 0 Å². The third-order valence-corrected chi connectivity index (χ3v) is 5.61. The zero-order chi connectivity index (χ0) is 14.2. The third-order valence-electron chi connectivity index (χ3n) is 4.66. The fourth-order valence-electron chi connectivity index (χ4n) is 3.53. The van der Waals surface area contributed by atoms with Crippen molar-refractivity contribution in [3.63, 3.8) is 0 Å². The van der Waals surface area contributed by atoms with Gasteiger partial charge in [-0.15, -0.1) is 0 Å². The van der Waals surface area contributed by atoms with Crippen molar-refractivity contribution in [1.29, 1.82) is 0 Å². The summed E-state index contributed by atoms with van der Waals surface area (Å²) in [5, 5.41) is 0. The van der Waals surface area contributed by atoms with Crippen molar-refractivity contribution in [2.75, 3.05) is 26.2 Å². The zero-order valence-corrected chi connectivity index (χ0v) is 13.2. The molecule has 0 fully saturated rings. The van der Waals surface area contributed by atoms with E-state index in [4.69, 9.17) is 0 Å². The fraction of sp³-hybridized carbons (Fsp3) is 0.471. The van der Waals surface area contributed by atoms with E-state index in [0.29, 0.717) is 0 Å². The summed E-state index contributed by atoms with van der Waals surface area (Å²) in [7, 11) is 0. The van der Waals surface area contributed by atoms with Crippen LogP contribution in [0.15, 0.2) is 41.1 Å². The van der Waals surface area contributed by atoms with Gasteiger partial charge < -0.3 is 4.90 Å². The summed E-state index contributed by atoms with van der Waals surface area (Å²) in [6.07, 6.45) is 9.02. The zero-order valence-electron chi connectivity index (χ0n) is 12.3. The lowest BCUT2D eigenvalue weighted by molar-refractivity contribution is 0.440. The molecule has 0 bridgehead atoms. The average Bonchev–Trinajstić information content (AvgIpc) is 3.05. The molecule has 0 amide bonds. The summed E-state index contributed by atoms with van der Waals surface area (Å²) in [5.41, 5.74) is 5.99. The highest BCUT2D eigenvalue weighted by Crippen LogP contribution is 2.34. The molecule has 2 aliphatic heterocycles. The van der Waals surface area contributed by atoms with Gasteiger partial charge in [-0.3, -0.25) is 4.98 Å². The highest BCUT2D eigenvalue weighted by atomic mass is 32.2. The molecule has 4 heteroatoms. The van der Waals surface area contributed by atoms with Crippen molar-refractivity contribution >= 4 is 11.9 Å². The van der Waals surface area contributed by atoms with Crippen LogP contribution in [0.5, 0.6) is 0 Å². The SMILES string of the molecule is C=CN1CC2=C(C1)CN(Sc1cnc3c(c1)CCCC3)C2. The molecule has 0 N–H and O–H groups in total. The second-order valence-corrected chi connectivity index (χ2v) is 7.34. The van der Waals surface area contributed by atoms with Crippen molar-refractivity contribution in [3.8, 4) is 0 Å². The highest BCUT2D eigenvalue weighted by molar-refractivity contribution is 7.97. The Labute approximate surface area is 130 Å². The number of hydrogen-bond donors (Lipinski definition) is 0. The fourth-order valence-corrected chi connectivity index (χ4v) is 4.57. The first-order valence-corrected chi connectivity index (χ1v) is 8.56. The van der Waals surface area contributed by atoms with E-state index in [0.717, 1.165) is 32.6 Å². The van der Waals surface area contributed by atoms with Gasteiger partial charge in [-0.05, 0) is 66.6 Å². The summed E-state index contributed by atoms with van der Waals surface area (Å²) >= 11 is 1.87. The molecule has 1 aliphatic carbocycles. The number of aromatic nitrogens is 1. The minimum Gasteiger partial charge on any atom is -0.370 e. The Balaban J connectivity index is 1.41. The largest absolute Gasteiger partial charge is 0.370 e. The normalized spacial score (nSPS) is 21.6. The Morgan fingerprint density at radius 3 is 2.62 bits per heavy atom. The molecule has 1 aromatic heterocycles. The number of nitrogens with zero attached hydrogens (tertiary/aromatic N) is 3. The Hall–Kier alpha value is -1.26. The molecule has 0 unspecified atom stereocenters. The maximum Gasteiger partial charge on any atom is 0.0436 e. The van der Waals surface area contributed by atoms with Gasteiger partial charge in [-0.25, -0.2) is 4.31 Å². The molecule has 0 aromatic carbocycles. The highest BCUT2D eigenvalue weighted by Gasteiger charge is 2.29. The number of fused-ring (bicyclic) bond motifs is 1. The maximum atomic E-state index is 4.68. The average molecular weight is 299 g/mol. The van der Waals surface area contributed by atoms with Crippen molar-refractivity contribution in [2.45, 2.75) is 30.6 Å². The van der Waals surface area contributed by atoms with Crippen LogP contribution >= 0.6 is 11.9 Å². The first-order valence-electron chi connectivity index (χ1n) is 7.79. The first-order chi connectivity index (χ1) is 10.3. The smallest absolute Gasteiger partial charge is 0.0436 e. The van der Waals surface area contributed by atoms with Crippen LogP contribution in [0, 0.1) is 0 Å². The molecule has 21 heavy (non-hydrogen) atoms. The van der Waals surface area contributed by atoms with Gasteiger partial charge in [0.25, 0.3) is 0 Å². The van der Waals surface area contributed by atoms with E-state index < -0.39 is 0 Å². The summed E-state index contributed by atoms with van der Waals surface area (Å²) in [4.78, 5) is 8.28. The summed E-state index contributed by atoms with van der Waals surface area (Å²) in [6, 6.07) is 2.37. The van der Waals surface area contributed by atoms with Crippen LogP contribution in [-0.4, -0.2) is 40.4 Å². The Kier molecular flexibility index (Phi) is 3.51. The number of aryl methyl sites for hydroxylation is 2. The molecule has 0 atom stereocenters. The number of rotatable bonds is 3. The van der Waals surface area contributed by atoms with Gasteiger partial charge in [-0.2, -0.15) is 0 Å². The van der Waals surface area contributed by atoms with Crippen molar-refractivity contribution in [2.24, 2.45) is 0 Å². The second-order valence-electron chi connectivity index (χ2n) is 6.17. The van der Waals surface area contributed by atoms with Crippen LogP contribution in [0.25, 0.3) is 0 Å². The topological polar surface area (TPSA) is 19.4 Å².